The topological polar surface area (TPSA) is 67.8 Å². The molecule has 0 radical (unpaired) electrons. The Morgan fingerprint density at radius 2 is 1.56 bits per heavy atom. The Kier molecular flexibility index (Phi) is 6.35. The fourth-order valence-corrected chi connectivity index (χ4v) is 3.37. The molecule has 2 aromatic carbocycles. The molecule has 2 N–H and O–H groups in total. The summed E-state index contributed by atoms with van der Waals surface area (Å²) < 4.78 is 11.4. The number of rotatable bonds is 6. The van der Waals surface area contributed by atoms with Gasteiger partial charge in [0.05, 0.1) is 6.10 Å². The summed E-state index contributed by atoms with van der Waals surface area (Å²) in [5.74, 6) is 2.01. The molecule has 27 heavy (non-hydrogen) atoms. The van der Waals surface area contributed by atoms with Gasteiger partial charge < -0.3 is 19.9 Å². The monoisotopic (exact) mass is 369 g/mol. The van der Waals surface area contributed by atoms with Crippen molar-refractivity contribution in [1.29, 1.82) is 0 Å². The van der Waals surface area contributed by atoms with Crippen molar-refractivity contribution in [3.05, 3.63) is 53.6 Å². The summed E-state index contributed by atoms with van der Waals surface area (Å²) >= 11 is 0. The molecular weight excluding hydrogens is 342 g/mol. The van der Waals surface area contributed by atoms with Gasteiger partial charge in [-0.1, -0.05) is 6.07 Å². The van der Waals surface area contributed by atoms with Gasteiger partial charge in [-0.3, -0.25) is 4.79 Å². The molecule has 0 bridgehead atoms. The summed E-state index contributed by atoms with van der Waals surface area (Å²) in [7, 11) is 0. The fraction of sp³-hybridized carbons (Fsp3) is 0.409. The van der Waals surface area contributed by atoms with Gasteiger partial charge in [0.15, 0.2) is 6.61 Å². The van der Waals surface area contributed by atoms with Crippen molar-refractivity contribution in [2.75, 3.05) is 6.61 Å². The maximum absolute atomic E-state index is 12.0. The second-order valence-electron chi connectivity index (χ2n) is 7.26. The van der Waals surface area contributed by atoms with Crippen LogP contribution in [-0.4, -0.2) is 29.8 Å². The molecule has 0 aromatic heterocycles. The Morgan fingerprint density at radius 1 is 0.963 bits per heavy atom. The van der Waals surface area contributed by atoms with Gasteiger partial charge in [-0.15, -0.1) is 0 Å². The van der Waals surface area contributed by atoms with Crippen molar-refractivity contribution in [2.24, 2.45) is 0 Å². The van der Waals surface area contributed by atoms with Crippen LogP contribution in [0.2, 0.25) is 0 Å². The van der Waals surface area contributed by atoms with Crippen LogP contribution in [0.15, 0.2) is 42.5 Å². The van der Waals surface area contributed by atoms with Gasteiger partial charge in [0.2, 0.25) is 0 Å². The van der Waals surface area contributed by atoms with E-state index in [1.165, 1.54) is 0 Å². The molecule has 3 rings (SSSR count). The quantitative estimate of drug-likeness (QED) is 0.810. The molecule has 0 aliphatic heterocycles. The Morgan fingerprint density at radius 3 is 2.19 bits per heavy atom. The van der Waals surface area contributed by atoms with Crippen LogP contribution in [0.25, 0.3) is 0 Å². The van der Waals surface area contributed by atoms with E-state index in [0.29, 0.717) is 5.75 Å². The van der Waals surface area contributed by atoms with Crippen LogP contribution in [0.4, 0.5) is 0 Å². The molecule has 0 atom stereocenters. The molecule has 5 nitrogen and oxygen atoms in total. The number of benzene rings is 2. The lowest BCUT2D eigenvalue weighted by Crippen LogP contribution is -2.40. The minimum atomic E-state index is -0.223. The Bertz CT molecular complexity index is 744. The number of aliphatic hydroxyl groups is 1. The first-order chi connectivity index (χ1) is 13.0. The highest BCUT2D eigenvalue weighted by Crippen LogP contribution is 2.25. The average Bonchev–Trinajstić information content (AvgIpc) is 2.62. The third-order valence-corrected chi connectivity index (χ3v) is 4.69. The van der Waals surface area contributed by atoms with Crippen molar-refractivity contribution >= 4 is 5.91 Å². The molecule has 0 saturated heterocycles. The average molecular weight is 369 g/mol. The van der Waals surface area contributed by atoms with Crippen LogP contribution in [-0.2, 0) is 4.79 Å². The highest BCUT2D eigenvalue weighted by atomic mass is 16.5. The Labute approximate surface area is 160 Å². The number of hydrogen-bond acceptors (Lipinski definition) is 4. The van der Waals surface area contributed by atoms with Gasteiger partial charge in [0, 0.05) is 6.04 Å². The maximum atomic E-state index is 12.0. The van der Waals surface area contributed by atoms with E-state index >= 15 is 0 Å². The number of ether oxygens (including phenoxy) is 2. The molecule has 1 saturated carbocycles. The standard InChI is InChI=1S/C22H27NO4/c1-15-11-16(2)13-21(12-15)27-20-9-7-19(8-10-20)26-14-22(25)23-17-3-5-18(24)6-4-17/h7-13,17-18,24H,3-6,14H2,1-2H3,(H,23,25). The molecule has 0 heterocycles. The maximum Gasteiger partial charge on any atom is 0.258 e. The normalized spacial score (nSPS) is 19.4. The van der Waals surface area contributed by atoms with Gasteiger partial charge >= 0.3 is 0 Å². The highest BCUT2D eigenvalue weighted by Gasteiger charge is 2.20. The second kappa shape index (κ2) is 8.91. The van der Waals surface area contributed by atoms with E-state index in [-0.39, 0.29) is 24.7 Å². The lowest BCUT2D eigenvalue weighted by Gasteiger charge is -2.26. The van der Waals surface area contributed by atoms with E-state index in [0.717, 1.165) is 48.3 Å². The SMILES string of the molecule is Cc1cc(C)cc(Oc2ccc(OCC(=O)NC3CCC(O)CC3)cc2)c1. The van der Waals surface area contributed by atoms with Crippen LogP contribution in [0.3, 0.4) is 0 Å². The van der Waals surface area contributed by atoms with Crippen LogP contribution < -0.4 is 14.8 Å². The molecule has 2 aromatic rings. The van der Waals surface area contributed by atoms with E-state index in [2.05, 4.69) is 11.4 Å². The molecule has 144 valence electrons. The molecule has 1 aliphatic carbocycles. The third kappa shape index (κ3) is 6.00. The molecule has 5 heteroatoms. The number of carbonyl (C=O) groups is 1. The summed E-state index contributed by atoms with van der Waals surface area (Å²) in [5, 5.41) is 12.5. The summed E-state index contributed by atoms with van der Waals surface area (Å²) in [4.78, 5) is 12.0. The first kappa shape index (κ1) is 19.2. The minimum Gasteiger partial charge on any atom is -0.484 e. The number of nitrogens with one attached hydrogen (secondary N) is 1. The molecule has 1 aliphatic rings. The minimum absolute atomic E-state index is 0.0175. The zero-order valence-corrected chi connectivity index (χ0v) is 15.9. The second-order valence-corrected chi connectivity index (χ2v) is 7.26. The first-order valence-electron chi connectivity index (χ1n) is 9.44. The number of hydrogen-bond donors (Lipinski definition) is 2. The van der Waals surface area contributed by atoms with Crippen molar-refractivity contribution in [3.8, 4) is 17.2 Å². The summed E-state index contributed by atoms with van der Waals surface area (Å²) in [6.45, 7) is 4.06. The number of aryl methyl sites for hydroxylation is 2. The summed E-state index contributed by atoms with van der Waals surface area (Å²) in [6.07, 6.45) is 2.90. The van der Waals surface area contributed by atoms with E-state index in [1.54, 1.807) is 12.1 Å². The van der Waals surface area contributed by atoms with Gasteiger partial charge in [-0.25, -0.2) is 0 Å². The van der Waals surface area contributed by atoms with Crippen molar-refractivity contribution in [3.63, 3.8) is 0 Å². The largest absolute Gasteiger partial charge is 0.484 e. The van der Waals surface area contributed by atoms with Crippen molar-refractivity contribution in [1.82, 2.24) is 5.32 Å². The fourth-order valence-electron chi connectivity index (χ4n) is 3.37. The van der Waals surface area contributed by atoms with Crippen LogP contribution in [0.1, 0.15) is 36.8 Å². The lowest BCUT2D eigenvalue weighted by atomic mass is 9.93. The van der Waals surface area contributed by atoms with E-state index < -0.39 is 0 Å². The summed E-state index contributed by atoms with van der Waals surface area (Å²) in [6, 6.07) is 13.5. The van der Waals surface area contributed by atoms with Crippen molar-refractivity contribution < 1.29 is 19.4 Å². The molecule has 0 unspecified atom stereocenters. The Balaban J connectivity index is 1.46. The van der Waals surface area contributed by atoms with Gasteiger partial charge in [0.1, 0.15) is 17.2 Å². The molecule has 1 amide bonds. The zero-order valence-electron chi connectivity index (χ0n) is 15.9. The van der Waals surface area contributed by atoms with Crippen LogP contribution in [0.5, 0.6) is 17.2 Å². The first-order valence-corrected chi connectivity index (χ1v) is 9.44. The molecule has 0 spiro atoms. The predicted octanol–water partition coefficient (Wildman–Crippen LogP) is 3.89. The van der Waals surface area contributed by atoms with E-state index in [9.17, 15) is 9.90 Å². The van der Waals surface area contributed by atoms with Gasteiger partial charge in [-0.05, 0) is 87.1 Å². The van der Waals surface area contributed by atoms with Gasteiger partial charge in [-0.2, -0.15) is 0 Å². The molecular formula is C22H27NO4. The number of aliphatic hydroxyl groups excluding tert-OH is 1. The predicted molar refractivity (Wildman–Crippen MR) is 104 cm³/mol. The number of carbonyl (C=O) groups excluding carboxylic acids is 1. The Hall–Kier alpha value is -2.53. The lowest BCUT2D eigenvalue weighted by molar-refractivity contribution is -0.124. The van der Waals surface area contributed by atoms with E-state index in [4.69, 9.17) is 9.47 Å². The van der Waals surface area contributed by atoms with Crippen LogP contribution >= 0.6 is 0 Å². The van der Waals surface area contributed by atoms with Gasteiger partial charge in [0.25, 0.3) is 5.91 Å². The smallest absolute Gasteiger partial charge is 0.258 e. The zero-order chi connectivity index (χ0) is 19.2. The van der Waals surface area contributed by atoms with Crippen molar-refractivity contribution in [2.45, 2.75) is 51.7 Å². The number of amides is 1. The third-order valence-electron chi connectivity index (χ3n) is 4.69. The highest BCUT2D eigenvalue weighted by molar-refractivity contribution is 5.77. The molecule has 1 fully saturated rings. The van der Waals surface area contributed by atoms with E-state index in [1.807, 2.05) is 38.1 Å². The van der Waals surface area contributed by atoms with Crippen LogP contribution in [0, 0.1) is 13.8 Å². The summed E-state index contributed by atoms with van der Waals surface area (Å²) in [5.41, 5.74) is 2.31.